The van der Waals surface area contributed by atoms with Crippen molar-refractivity contribution in [1.29, 1.82) is 0 Å². The van der Waals surface area contributed by atoms with Gasteiger partial charge in [-0.3, -0.25) is 9.59 Å². The molecule has 1 aromatic rings. The number of hydrogen-bond acceptors (Lipinski definition) is 6. The van der Waals surface area contributed by atoms with Crippen molar-refractivity contribution >= 4 is 17.5 Å². The summed E-state index contributed by atoms with van der Waals surface area (Å²) in [6, 6.07) is 0.229. The Kier molecular flexibility index (Phi) is 2.45. The molecule has 1 aliphatic carbocycles. The molecule has 2 aliphatic heterocycles. The number of rotatable bonds is 2. The maximum atomic E-state index is 12.6. The Labute approximate surface area is 126 Å². The second-order valence-corrected chi connectivity index (χ2v) is 5.76. The fourth-order valence-electron chi connectivity index (χ4n) is 3.42. The SMILES string of the molecule is CCOC(=O)c1c2c(n3c1[C@@H]1N[C@@H]1C3)C(=O)C(C)=C(N)C2=O. The van der Waals surface area contributed by atoms with Crippen molar-refractivity contribution in [2.45, 2.75) is 32.5 Å². The number of nitrogens with two attached hydrogens (primary N) is 1. The standard InChI is InChI=1S/C15H15N3O4/c1-3-22-15(21)8-7-12(13(19)5(2)9(16)14(7)20)18-4-6-10(17-6)11(8)18/h6,10,17H,3-4,16H2,1-2H3/t6-,10-/m1/s1. The maximum Gasteiger partial charge on any atom is 0.340 e. The third-order valence-electron chi connectivity index (χ3n) is 4.58. The largest absolute Gasteiger partial charge is 0.462 e. The summed E-state index contributed by atoms with van der Waals surface area (Å²) in [5.41, 5.74) is 7.18. The lowest BCUT2D eigenvalue weighted by Crippen LogP contribution is -2.28. The van der Waals surface area contributed by atoms with E-state index < -0.39 is 11.8 Å². The molecule has 1 aromatic heterocycles. The van der Waals surface area contributed by atoms with Gasteiger partial charge in [0.2, 0.25) is 11.6 Å². The second kappa shape index (κ2) is 4.07. The van der Waals surface area contributed by atoms with E-state index in [0.29, 0.717) is 12.2 Å². The lowest BCUT2D eigenvalue weighted by Gasteiger charge is -2.16. The van der Waals surface area contributed by atoms with Gasteiger partial charge in [0.25, 0.3) is 0 Å². The van der Waals surface area contributed by atoms with Gasteiger partial charge in [-0.2, -0.15) is 0 Å². The van der Waals surface area contributed by atoms with Crippen LogP contribution in [0.25, 0.3) is 0 Å². The van der Waals surface area contributed by atoms with Crippen LogP contribution in [-0.4, -0.2) is 34.8 Å². The highest BCUT2D eigenvalue weighted by Gasteiger charge is 2.53. The smallest absolute Gasteiger partial charge is 0.340 e. The first-order chi connectivity index (χ1) is 10.5. The van der Waals surface area contributed by atoms with Gasteiger partial charge in [0.05, 0.1) is 35.2 Å². The Morgan fingerprint density at radius 1 is 1.41 bits per heavy atom. The number of ether oxygens (including phenoxy) is 1. The molecule has 1 fully saturated rings. The summed E-state index contributed by atoms with van der Waals surface area (Å²) in [5, 5.41) is 3.23. The van der Waals surface area contributed by atoms with Gasteiger partial charge < -0.3 is 20.4 Å². The molecule has 0 saturated carbocycles. The highest BCUT2D eigenvalue weighted by Crippen LogP contribution is 2.45. The van der Waals surface area contributed by atoms with E-state index in [-0.39, 0.29) is 52.6 Å². The van der Waals surface area contributed by atoms with Crippen LogP contribution in [0.4, 0.5) is 0 Å². The van der Waals surface area contributed by atoms with Crippen LogP contribution in [0.3, 0.4) is 0 Å². The number of fused-ring (bicyclic) bond motifs is 5. The molecule has 4 rings (SSSR count). The van der Waals surface area contributed by atoms with Crippen LogP contribution < -0.4 is 11.1 Å². The van der Waals surface area contributed by atoms with Crippen molar-refractivity contribution in [2.75, 3.05) is 6.61 Å². The lowest BCUT2D eigenvalue weighted by atomic mass is 9.90. The number of nitrogens with one attached hydrogen (secondary N) is 1. The number of Topliss-reactive ketones (excluding diaryl/α,β-unsaturated/α-hetero) is 2. The van der Waals surface area contributed by atoms with Crippen LogP contribution in [0.5, 0.6) is 0 Å². The van der Waals surface area contributed by atoms with Gasteiger partial charge in [0.15, 0.2) is 0 Å². The fourth-order valence-corrected chi connectivity index (χ4v) is 3.42. The van der Waals surface area contributed by atoms with Crippen molar-refractivity contribution in [3.8, 4) is 0 Å². The first-order valence-corrected chi connectivity index (χ1v) is 7.22. The van der Waals surface area contributed by atoms with E-state index in [1.54, 1.807) is 11.5 Å². The number of hydrogen-bond donors (Lipinski definition) is 2. The zero-order chi connectivity index (χ0) is 15.8. The van der Waals surface area contributed by atoms with Crippen LogP contribution in [0.2, 0.25) is 0 Å². The van der Waals surface area contributed by atoms with Gasteiger partial charge in [-0.15, -0.1) is 0 Å². The fraction of sp³-hybridized carbons (Fsp3) is 0.400. The minimum absolute atomic E-state index is 0.00661. The molecule has 0 unspecified atom stereocenters. The average molecular weight is 301 g/mol. The van der Waals surface area contributed by atoms with E-state index in [4.69, 9.17) is 10.5 Å². The molecule has 22 heavy (non-hydrogen) atoms. The van der Waals surface area contributed by atoms with Crippen molar-refractivity contribution in [3.63, 3.8) is 0 Å². The van der Waals surface area contributed by atoms with E-state index in [2.05, 4.69) is 5.32 Å². The third kappa shape index (κ3) is 1.41. The van der Waals surface area contributed by atoms with E-state index >= 15 is 0 Å². The van der Waals surface area contributed by atoms with Gasteiger partial charge in [0, 0.05) is 18.2 Å². The first-order valence-electron chi connectivity index (χ1n) is 7.22. The molecular weight excluding hydrogens is 286 g/mol. The molecule has 3 N–H and O–H groups in total. The average Bonchev–Trinajstić information content (AvgIpc) is 3.02. The summed E-state index contributed by atoms with van der Waals surface area (Å²) in [6.07, 6.45) is 0. The molecule has 7 nitrogen and oxygen atoms in total. The van der Waals surface area contributed by atoms with Crippen molar-refractivity contribution < 1.29 is 19.1 Å². The van der Waals surface area contributed by atoms with Crippen molar-refractivity contribution in [2.24, 2.45) is 5.73 Å². The molecule has 0 aromatic carbocycles. The van der Waals surface area contributed by atoms with Crippen molar-refractivity contribution in [1.82, 2.24) is 9.88 Å². The lowest BCUT2D eigenvalue weighted by molar-refractivity contribution is 0.0522. The van der Waals surface area contributed by atoms with E-state index in [9.17, 15) is 14.4 Å². The Hall–Kier alpha value is -2.41. The Morgan fingerprint density at radius 2 is 2.14 bits per heavy atom. The van der Waals surface area contributed by atoms with Gasteiger partial charge in [-0.05, 0) is 13.8 Å². The Bertz CT molecular complexity index is 802. The van der Waals surface area contributed by atoms with Gasteiger partial charge in [-0.25, -0.2) is 4.79 Å². The minimum Gasteiger partial charge on any atom is -0.462 e. The van der Waals surface area contributed by atoms with Crippen LogP contribution >= 0.6 is 0 Å². The summed E-state index contributed by atoms with van der Waals surface area (Å²) < 4.78 is 6.87. The molecule has 3 heterocycles. The van der Waals surface area contributed by atoms with E-state index in [0.717, 1.165) is 0 Å². The number of carbonyl (C=O) groups is 3. The summed E-state index contributed by atoms with van der Waals surface area (Å²) in [6.45, 7) is 4.01. The van der Waals surface area contributed by atoms with Crippen molar-refractivity contribution in [3.05, 3.63) is 33.8 Å². The molecule has 1 saturated heterocycles. The predicted molar refractivity (Wildman–Crippen MR) is 75.6 cm³/mol. The summed E-state index contributed by atoms with van der Waals surface area (Å²) >= 11 is 0. The monoisotopic (exact) mass is 301 g/mol. The number of esters is 1. The van der Waals surface area contributed by atoms with E-state index in [1.165, 1.54) is 6.92 Å². The minimum atomic E-state index is -0.574. The molecule has 0 bridgehead atoms. The zero-order valence-electron chi connectivity index (χ0n) is 12.2. The molecule has 3 aliphatic rings. The second-order valence-electron chi connectivity index (χ2n) is 5.76. The number of allylic oxidation sites excluding steroid dienone is 2. The highest BCUT2D eigenvalue weighted by molar-refractivity contribution is 6.29. The number of carbonyl (C=O) groups excluding carboxylic acids is 3. The Balaban J connectivity index is 2.01. The molecule has 0 radical (unpaired) electrons. The van der Waals surface area contributed by atoms with Crippen LogP contribution in [0.15, 0.2) is 11.3 Å². The van der Waals surface area contributed by atoms with E-state index in [1.807, 2.05) is 0 Å². The number of nitrogens with zero attached hydrogens (tertiary/aromatic N) is 1. The van der Waals surface area contributed by atoms with Crippen LogP contribution in [-0.2, 0) is 11.3 Å². The molecular formula is C15H15N3O4. The molecule has 0 spiro atoms. The summed E-state index contributed by atoms with van der Waals surface area (Å²) in [5.74, 6) is -1.32. The van der Waals surface area contributed by atoms with Crippen LogP contribution in [0, 0.1) is 0 Å². The van der Waals surface area contributed by atoms with Gasteiger partial charge >= 0.3 is 5.97 Å². The highest BCUT2D eigenvalue weighted by atomic mass is 16.5. The predicted octanol–water partition coefficient (Wildman–Crippen LogP) is 0.303. The summed E-state index contributed by atoms with van der Waals surface area (Å²) in [7, 11) is 0. The normalized spacial score (nSPS) is 25.0. The zero-order valence-corrected chi connectivity index (χ0v) is 12.2. The molecule has 0 amide bonds. The Morgan fingerprint density at radius 3 is 2.82 bits per heavy atom. The summed E-state index contributed by atoms with van der Waals surface area (Å²) in [4.78, 5) is 37.5. The quantitative estimate of drug-likeness (QED) is 0.600. The third-order valence-corrected chi connectivity index (χ3v) is 4.58. The topological polar surface area (TPSA) is 113 Å². The maximum absolute atomic E-state index is 12.6. The van der Waals surface area contributed by atoms with Crippen LogP contribution in [0.1, 0.15) is 56.8 Å². The molecule has 2 atom stereocenters. The van der Waals surface area contributed by atoms with Gasteiger partial charge in [-0.1, -0.05) is 0 Å². The number of ketones is 2. The first kappa shape index (κ1) is 13.3. The molecule has 114 valence electrons. The molecule has 7 heteroatoms. The van der Waals surface area contributed by atoms with Gasteiger partial charge in [0.1, 0.15) is 5.69 Å². The number of aromatic nitrogens is 1.